The summed E-state index contributed by atoms with van der Waals surface area (Å²) in [7, 11) is 0.247. The van der Waals surface area contributed by atoms with Crippen molar-refractivity contribution in [1.29, 1.82) is 0 Å². The number of hydrogen-bond donors (Lipinski definition) is 3. The number of nitrogens with two attached hydrogens (primary N) is 1. The first-order chi connectivity index (χ1) is 11.0. The van der Waals surface area contributed by atoms with Crippen molar-refractivity contribution in [2.75, 3.05) is 7.05 Å². The molecule has 0 fully saturated rings. The molecule has 6 heteroatoms. The highest BCUT2D eigenvalue weighted by atomic mass is 16.4. The fourth-order valence-corrected chi connectivity index (χ4v) is 2.39. The molecule has 2 aromatic rings. The second-order valence-electron chi connectivity index (χ2n) is 5.61. The molecule has 0 bridgehead atoms. The van der Waals surface area contributed by atoms with Crippen molar-refractivity contribution in [3.05, 3.63) is 65.7 Å². The zero-order valence-corrected chi connectivity index (χ0v) is 13.1. The Bertz CT molecular complexity index is 632. The van der Waals surface area contributed by atoms with Crippen LogP contribution < -0.4 is 11.2 Å². The van der Waals surface area contributed by atoms with Crippen LogP contribution >= 0.6 is 0 Å². The van der Waals surface area contributed by atoms with E-state index in [1.54, 1.807) is 36.2 Å². The Balaban J connectivity index is 1.93. The molecule has 0 aromatic heterocycles. The number of benzene rings is 2. The van der Waals surface area contributed by atoms with Gasteiger partial charge in [0.2, 0.25) is 5.91 Å². The molecule has 1 amide bonds. The Kier molecular flexibility index (Phi) is 5.93. The Morgan fingerprint density at radius 1 is 1.09 bits per heavy atom. The first-order valence-corrected chi connectivity index (χ1v) is 7.47. The standard InChI is InChI=1S/C17H21BN2O3/c1-20(12-14-5-3-2-4-6-14)17(21)16(19)11-13-7-9-15(10-8-13)18(22)23/h2-10,16,22-23H,11-12,19H2,1H3/t16-/m0/s1. The van der Waals surface area contributed by atoms with Gasteiger partial charge in [0.05, 0.1) is 6.04 Å². The Morgan fingerprint density at radius 3 is 2.26 bits per heavy atom. The van der Waals surface area contributed by atoms with Crippen LogP contribution in [0.4, 0.5) is 0 Å². The van der Waals surface area contributed by atoms with Gasteiger partial charge < -0.3 is 20.7 Å². The molecule has 5 nitrogen and oxygen atoms in total. The van der Waals surface area contributed by atoms with E-state index in [-0.39, 0.29) is 5.91 Å². The van der Waals surface area contributed by atoms with E-state index in [0.29, 0.717) is 18.4 Å². The van der Waals surface area contributed by atoms with Gasteiger partial charge in [-0.1, -0.05) is 54.6 Å². The van der Waals surface area contributed by atoms with Crippen molar-refractivity contribution < 1.29 is 14.8 Å². The van der Waals surface area contributed by atoms with Crippen molar-refractivity contribution in [1.82, 2.24) is 4.90 Å². The Labute approximate surface area is 136 Å². The summed E-state index contributed by atoms with van der Waals surface area (Å²) >= 11 is 0. The molecule has 0 spiro atoms. The fourth-order valence-electron chi connectivity index (χ4n) is 2.39. The van der Waals surface area contributed by atoms with Crippen molar-refractivity contribution in [2.45, 2.75) is 19.0 Å². The van der Waals surface area contributed by atoms with Crippen LogP contribution in [-0.2, 0) is 17.8 Å². The molecule has 2 aromatic carbocycles. The molecule has 23 heavy (non-hydrogen) atoms. The average molecular weight is 312 g/mol. The molecule has 2 rings (SSSR count). The number of likely N-dealkylation sites (N-methyl/N-ethyl adjacent to an activating group) is 1. The SMILES string of the molecule is CN(Cc1ccccc1)C(=O)[C@@H](N)Cc1ccc(B(O)O)cc1. The molecular weight excluding hydrogens is 291 g/mol. The minimum atomic E-state index is -1.49. The molecular formula is C17H21BN2O3. The number of hydrogen-bond acceptors (Lipinski definition) is 4. The third kappa shape index (κ3) is 4.92. The zero-order valence-electron chi connectivity index (χ0n) is 13.1. The van der Waals surface area contributed by atoms with Gasteiger partial charge >= 0.3 is 7.12 Å². The highest BCUT2D eigenvalue weighted by Crippen LogP contribution is 2.07. The molecule has 0 saturated heterocycles. The normalized spacial score (nSPS) is 11.8. The lowest BCUT2D eigenvalue weighted by Gasteiger charge is -2.21. The molecule has 4 N–H and O–H groups in total. The van der Waals surface area contributed by atoms with Gasteiger partial charge in [0.15, 0.2) is 0 Å². The molecule has 0 heterocycles. The van der Waals surface area contributed by atoms with E-state index in [4.69, 9.17) is 15.8 Å². The van der Waals surface area contributed by atoms with Gasteiger partial charge in [-0.2, -0.15) is 0 Å². The van der Waals surface area contributed by atoms with Crippen LogP contribution in [0.5, 0.6) is 0 Å². The third-order valence-corrected chi connectivity index (χ3v) is 3.69. The first kappa shape index (κ1) is 17.2. The van der Waals surface area contributed by atoms with Crippen molar-refractivity contribution in [3.63, 3.8) is 0 Å². The number of carbonyl (C=O) groups excluding carboxylic acids is 1. The molecule has 0 aliphatic heterocycles. The predicted molar refractivity (Wildman–Crippen MR) is 90.9 cm³/mol. The highest BCUT2D eigenvalue weighted by Gasteiger charge is 2.19. The van der Waals surface area contributed by atoms with Gasteiger partial charge in [0.1, 0.15) is 0 Å². The van der Waals surface area contributed by atoms with Crippen LogP contribution in [0, 0.1) is 0 Å². The summed E-state index contributed by atoms with van der Waals surface area (Å²) in [5.74, 6) is -0.125. The number of rotatable bonds is 6. The Hall–Kier alpha value is -2.15. The van der Waals surface area contributed by atoms with Crippen LogP contribution in [0.3, 0.4) is 0 Å². The van der Waals surface area contributed by atoms with Crippen LogP contribution in [0.15, 0.2) is 54.6 Å². The third-order valence-electron chi connectivity index (χ3n) is 3.69. The van der Waals surface area contributed by atoms with Crippen molar-refractivity contribution >= 4 is 18.5 Å². The van der Waals surface area contributed by atoms with Gasteiger partial charge in [-0.25, -0.2) is 0 Å². The van der Waals surface area contributed by atoms with Crippen molar-refractivity contribution in [3.8, 4) is 0 Å². The summed E-state index contributed by atoms with van der Waals surface area (Å²) in [6.07, 6.45) is 0.403. The minimum Gasteiger partial charge on any atom is -0.423 e. The molecule has 0 radical (unpaired) electrons. The number of carbonyl (C=O) groups is 1. The zero-order chi connectivity index (χ0) is 16.8. The first-order valence-electron chi connectivity index (χ1n) is 7.47. The molecule has 0 aliphatic carbocycles. The largest absolute Gasteiger partial charge is 0.488 e. The van der Waals surface area contributed by atoms with E-state index in [9.17, 15) is 4.79 Å². The average Bonchev–Trinajstić information content (AvgIpc) is 2.55. The van der Waals surface area contributed by atoms with Gasteiger partial charge in [-0.3, -0.25) is 4.79 Å². The maximum absolute atomic E-state index is 12.3. The van der Waals surface area contributed by atoms with Crippen LogP contribution in [-0.4, -0.2) is 41.1 Å². The van der Waals surface area contributed by atoms with Crippen molar-refractivity contribution in [2.24, 2.45) is 5.73 Å². The van der Waals surface area contributed by atoms with Gasteiger partial charge in [0, 0.05) is 13.6 Å². The highest BCUT2D eigenvalue weighted by molar-refractivity contribution is 6.58. The van der Waals surface area contributed by atoms with Crippen LogP contribution in [0.2, 0.25) is 0 Å². The second kappa shape index (κ2) is 7.92. The summed E-state index contributed by atoms with van der Waals surface area (Å²) in [5, 5.41) is 18.1. The van der Waals surface area contributed by atoms with E-state index < -0.39 is 13.2 Å². The van der Waals surface area contributed by atoms with E-state index >= 15 is 0 Å². The molecule has 0 unspecified atom stereocenters. The smallest absolute Gasteiger partial charge is 0.423 e. The predicted octanol–water partition coefficient (Wildman–Crippen LogP) is -0.105. The monoisotopic (exact) mass is 312 g/mol. The molecule has 120 valence electrons. The summed E-state index contributed by atoms with van der Waals surface area (Å²) in [6.45, 7) is 0.517. The van der Waals surface area contributed by atoms with Crippen LogP contribution in [0.1, 0.15) is 11.1 Å². The summed E-state index contributed by atoms with van der Waals surface area (Å²) in [6, 6.07) is 15.8. The van der Waals surface area contributed by atoms with E-state index in [0.717, 1.165) is 11.1 Å². The summed E-state index contributed by atoms with van der Waals surface area (Å²) < 4.78 is 0. The topological polar surface area (TPSA) is 86.8 Å². The number of nitrogens with zero attached hydrogens (tertiary/aromatic N) is 1. The van der Waals surface area contributed by atoms with E-state index in [1.807, 2.05) is 30.3 Å². The molecule has 0 aliphatic rings. The Morgan fingerprint density at radius 2 is 1.70 bits per heavy atom. The lowest BCUT2D eigenvalue weighted by atomic mass is 9.80. The van der Waals surface area contributed by atoms with E-state index in [1.165, 1.54) is 0 Å². The summed E-state index contributed by atoms with van der Waals surface area (Å²) in [5.41, 5.74) is 8.35. The van der Waals surface area contributed by atoms with Gasteiger partial charge in [-0.15, -0.1) is 0 Å². The van der Waals surface area contributed by atoms with Gasteiger partial charge in [0.25, 0.3) is 0 Å². The number of amides is 1. The van der Waals surface area contributed by atoms with Gasteiger partial charge in [-0.05, 0) is 23.0 Å². The summed E-state index contributed by atoms with van der Waals surface area (Å²) in [4.78, 5) is 14.0. The maximum Gasteiger partial charge on any atom is 0.488 e. The molecule has 0 saturated carbocycles. The lowest BCUT2D eigenvalue weighted by Crippen LogP contribution is -2.42. The second-order valence-corrected chi connectivity index (χ2v) is 5.61. The lowest BCUT2D eigenvalue weighted by molar-refractivity contribution is -0.131. The minimum absolute atomic E-state index is 0.125. The van der Waals surface area contributed by atoms with E-state index in [2.05, 4.69) is 0 Å². The quantitative estimate of drug-likeness (QED) is 0.650. The van der Waals surface area contributed by atoms with Crippen LogP contribution in [0.25, 0.3) is 0 Å². The fraction of sp³-hybridized carbons (Fsp3) is 0.235. The molecule has 1 atom stereocenters. The maximum atomic E-state index is 12.3.